The van der Waals surface area contributed by atoms with Crippen molar-refractivity contribution in [3.63, 3.8) is 0 Å². The Labute approximate surface area is 125 Å². The van der Waals surface area contributed by atoms with Crippen molar-refractivity contribution in [3.8, 4) is 0 Å². The molecule has 1 saturated heterocycles. The van der Waals surface area contributed by atoms with Gasteiger partial charge in [0.25, 0.3) is 0 Å². The highest BCUT2D eigenvalue weighted by atomic mass is 32.2. The number of hydrogen-bond donors (Lipinski definition) is 1. The number of aryl methyl sites for hydroxylation is 1. The molecule has 1 N–H and O–H groups in total. The van der Waals surface area contributed by atoms with Crippen LogP contribution < -0.4 is 5.32 Å². The average molecular weight is 317 g/mol. The number of rotatable bonds is 6. The van der Waals surface area contributed by atoms with Gasteiger partial charge in [-0.2, -0.15) is 0 Å². The number of aromatic nitrogens is 2. The summed E-state index contributed by atoms with van der Waals surface area (Å²) in [6.07, 6.45) is 4.32. The monoisotopic (exact) mass is 317 g/mol. The molecule has 0 saturated carbocycles. The number of nitrogens with zero attached hydrogens (tertiary/aromatic N) is 2. The van der Waals surface area contributed by atoms with Crippen LogP contribution in [-0.4, -0.2) is 37.0 Å². The molecule has 0 radical (unpaired) electrons. The fourth-order valence-electron chi connectivity index (χ4n) is 2.36. The van der Waals surface area contributed by atoms with Gasteiger partial charge >= 0.3 is 0 Å². The van der Waals surface area contributed by atoms with Gasteiger partial charge in [0.2, 0.25) is 0 Å². The van der Waals surface area contributed by atoms with Gasteiger partial charge in [-0.1, -0.05) is 20.3 Å². The van der Waals surface area contributed by atoms with E-state index in [4.69, 9.17) is 0 Å². The molecule has 1 atom stereocenters. The third-order valence-corrected chi connectivity index (χ3v) is 6.89. The lowest BCUT2D eigenvalue weighted by atomic mass is 10.2. The van der Waals surface area contributed by atoms with Crippen molar-refractivity contribution in [2.75, 3.05) is 12.3 Å². The van der Waals surface area contributed by atoms with Crippen LogP contribution in [0.2, 0.25) is 0 Å². The van der Waals surface area contributed by atoms with Crippen molar-refractivity contribution in [2.24, 2.45) is 0 Å². The van der Waals surface area contributed by atoms with Crippen LogP contribution in [0.1, 0.15) is 54.8 Å². The second-order valence-corrected chi connectivity index (χ2v) is 8.99. The largest absolute Gasteiger partial charge is 0.315 e. The van der Waals surface area contributed by atoms with E-state index in [1.165, 1.54) is 11.3 Å². The lowest BCUT2D eigenvalue weighted by molar-refractivity contribution is 0.544. The van der Waals surface area contributed by atoms with Crippen LogP contribution in [0.25, 0.3) is 0 Å². The number of hydrogen-bond acceptors (Lipinski definition) is 6. The Hall–Kier alpha value is -0.530. The van der Waals surface area contributed by atoms with Gasteiger partial charge in [0.05, 0.1) is 5.75 Å². The summed E-state index contributed by atoms with van der Waals surface area (Å²) in [7, 11) is -3.00. The van der Waals surface area contributed by atoms with Crippen LogP contribution in [0.3, 0.4) is 0 Å². The summed E-state index contributed by atoms with van der Waals surface area (Å²) < 4.78 is 24.1. The molecule has 1 aromatic heterocycles. The molecule has 114 valence electrons. The van der Waals surface area contributed by atoms with E-state index in [2.05, 4.69) is 29.4 Å². The Bertz CT molecular complexity index is 525. The molecule has 5 nitrogen and oxygen atoms in total. The predicted molar refractivity (Wildman–Crippen MR) is 81.7 cm³/mol. The summed E-state index contributed by atoms with van der Waals surface area (Å²) in [6.45, 7) is 5.20. The van der Waals surface area contributed by atoms with E-state index in [0.717, 1.165) is 37.2 Å². The molecule has 1 aliphatic rings. The van der Waals surface area contributed by atoms with Gasteiger partial charge < -0.3 is 5.32 Å². The molecule has 0 bridgehead atoms. The maximum Gasteiger partial charge on any atom is 0.159 e. The Morgan fingerprint density at radius 2 is 2.15 bits per heavy atom. The second kappa shape index (κ2) is 6.95. The quantitative estimate of drug-likeness (QED) is 0.814. The van der Waals surface area contributed by atoms with Crippen LogP contribution in [0.5, 0.6) is 0 Å². The van der Waals surface area contributed by atoms with Crippen LogP contribution in [0.4, 0.5) is 0 Å². The van der Waals surface area contributed by atoms with Crippen LogP contribution >= 0.6 is 11.3 Å². The van der Waals surface area contributed by atoms with Crippen molar-refractivity contribution in [2.45, 2.75) is 57.2 Å². The average Bonchev–Trinajstić information content (AvgIpc) is 2.82. The first kappa shape index (κ1) is 15.9. The Morgan fingerprint density at radius 3 is 2.85 bits per heavy atom. The first-order chi connectivity index (χ1) is 9.49. The first-order valence-electron chi connectivity index (χ1n) is 7.26. The molecule has 20 heavy (non-hydrogen) atoms. The second-order valence-electron chi connectivity index (χ2n) is 5.60. The van der Waals surface area contributed by atoms with E-state index < -0.39 is 15.1 Å². The van der Waals surface area contributed by atoms with Gasteiger partial charge in [0.15, 0.2) is 9.84 Å². The standard InChI is InChI=1S/C13H23N3O2S2/c1-10(2)14-8-5-7-12-15-16-13(19-12)11-6-3-4-9-20(11,17)18/h10-11,14H,3-9H2,1-2H3. The lowest BCUT2D eigenvalue weighted by Crippen LogP contribution is -2.23. The minimum absolute atomic E-state index is 0.297. The van der Waals surface area contributed by atoms with Crippen molar-refractivity contribution in [1.82, 2.24) is 15.5 Å². The minimum atomic E-state index is -3.00. The molecule has 0 spiro atoms. The molecule has 0 aromatic carbocycles. The smallest absolute Gasteiger partial charge is 0.159 e. The zero-order valence-corrected chi connectivity index (χ0v) is 13.8. The summed E-state index contributed by atoms with van der Waals surface area (Å²) >= 11 is 1.47. The molecule has 7 heteroatoms. The molecule has 1 unspecified atom stereocenters. The fraction of sp³-hybridized carbons (Fsp3) is 0.846. The summed E-state index contributed by atoms with van der Waals surface area (Å²) in [5.74, 6) is 0.297. The van der Waals surface area contributed by atoms with E-state index in [1.807, 2.05) is 0 Å². The van der Waals surface area contributed by atoms with E-state index in [-0.39, 0.29) is 0 Å². The maximum atomic E-state index is 12.1. The fourth-order valence-corrected chi connectivity index (χ4v) is 5.62. The predicted octanol–water partition coefficient (Wildman–Crippen LogP) is 2.11. The van der Waals surface area contributed by atoms with Crippen molar-refractivity contribution in [3.05, 3.63) is 10.0 Å². The third-order valence-electron chi connectivity index (χ3n) is 3.46. The first-order valence-corrected chi connectivity index (χ1v) is 9.79. The molecule has 2 heterocycles. The van der Waals surface area contributed by atoms with Crippen LogP contribution in [0, 0.1) is 0 Å². The Kier molecular flexibility index (Phi) is 5.51. The molecule has 1 aromatic rings. The summed E-state index contributed by atoms with van der Waals surface area (Å²) in [5, 5.41) is 12.9. The van der Waals surface area contributed by atoms with Crippen molar-refractivity contribution in [1.29, 1.82) is 0 Å². The third kappa shape index (κ3) is 4.23. The van der Waals surface area contributed by atoms with E-state index >= 15 is 0 Å². The topological polar surface area (TPSA) is 72.0 Å². The molecule has 0 amide bonds. The van der Waals surface area contributed by atoms with E-state index in [0.29, 0.717) is 23.2 Å². The highest BCUT2D eigenvalue weighted by molar-refractivity contribution is 7.91. The van der Waals surface area contributed by atoms with Crippen LogP contribution in [-0.2, 0) is 16.3 Å². The van der Waals surface area contributed by atoms with Crippen LogP contribution in [0.15, 0.2) is 0 Å². The van der Waals surface area contributed by atoms with Crippen molar-refractivity contribution >= 4 is 21.2 Å². The SMILES string of the molecule is CC(C)NCCCc1nnc(C2CCCCS2(=O)=O)s1. The van der Waals surface area contributed by atoms with Gasteiger partial charge in [-0.3, -0.25) is 0 Å². The highest BCUT2D eigenvalue weighted by Gasteiger charge is 2.32. The van der Waals surface area contributed by atoms with Gasteiger partial charge in [-0.15, -0.1) is 21.5 Å². The maximum absolute atomic E-state index is 12.1. The minimum Gasteiger partial charge on any atom is -0.315 e. The Balaban J connectivity index is 1.91. The molecule has 1 fully saturated rings. The van der Waals surface area contributed by atoms with Crippen molar-refractivity contribution < 1.29 is 8.42 Å². The van der Waals surface area contributed by atoms with E-state index in [9.17, 15) is 8.42 Å². The van der Waals surface area contributed by atoms with Gasteiger partial charge in [0, 0.05) is 12.5 Å². The van der Waals surface area contributed by atoms with Gasteiger partial charge in [-0.25, -0.2) is 8.42 Å². The highest BCUT2D eigenvalue weighted by Crippen LogP contribution is 2.34. The number of sulfone groups is 1. The van der Waals surface area contributed by atoms with E-state index in [1.54, 1.807) is 0 Å². The van der Waals surface area contributed by atoms with Gasteiger partial charge in [-0.05, 0) is 25.8 Å². The molecule has 2 rings (SSSR count). The Morgan fingerprint density at radius 1 is 1.35 bits per heavy atom. The molecule has 1 aliphatic heterocycles. The normalized spacial score (nSPS) is 22.2. The lowest BCUT2D eigenvalue weighted by Gasteiger charge is -2.19. The number of nitrogens with one attached hydrogen (secondary N) is 1. The zero-order valence-electron chi connectivity index (χ0n) is 12.1. The summed E-state index contributed by atoms with van der Waals surface area (Å²) in [6, 6.07) is 0.493. The summed E-state index contributed by atoms with van der Waals surface area (Å²) in [4.78, 5) is 0. The zero-order chi connectivity index (χ0) is 14.6. The molecular weight excluding hydrogens is 294 g/mol. The summed E-state index contributed by atoms with van der Waals surface area (Å²) in [5.41, 5.74) is 0. The molecule has 0 aliphatic carbocycles. The molecular formula is C13H23N3O2S2. The van der Waals surface area contributed by atoms with Gasteiger partial charge in [0.1, 0.15) is 15.3 Å².